The Balaban J connectivity index is 2.31. The molecule has 1 heterocycles. The van der Waals surface area contributed by atoms with E-state index in [4.69, 9.17) is 10.5 Å². The first-order valence-electron chi connectivity index (χ1n) is 7.71. The summed E-state index contributed by atoms with van der Waals surface area (Å²) in [5.74, 6) is 1.75. The second-order valence-corrected chi connectivity index (χ2v) is 6.65. The summed E-state index contributed by atoms with van der Waals surface area (Å²) < 4.78 is 5.53. The van der Waals surface area contributed by atoms with Gasteiger partial charge in [0, 0.05) is 12.6 Å². The van der Waals surface area contributed by atoms with Gasteiger partial charge in [-0.05, 0) is 36.0 Å². The Kier molecular flexibility index (Phi) is 4.88. The lowest BCUT2D eigenvalue weighted by Crippen LogP contribution is -2.41. The Morgan fingerprint density at radius 1 is 1.24 bits per heavy atom. The normalized spacial score (nSPS) is 16.1. The third-order valence-corrected chi connectivity index (χ3v) is 3.63. The van der Waals surface area contributed by atoms with Crippen molar-refractivity contribution in [3.8, 4) is 5.75 Å². The maximum atomic E-state index is 12.1. The van der Waals surface area contributed by atoms with Gasteiger partial charge in [-0.2, -0.15) is 0 Å². The van der Waals surface area contributed by atoms with Crippen LogP contribution in [0, 0.1) is 11.8 Å². The van der Waals surface area contributed by atoms with Crippen molar-refractivity contribution in [2.75, 3.05) is 18.1 Å². The van der Waals surface area contributed by atoms with Crippen molar-refractivity contribution in [1.82, 2.24) is 0 Å². The van der Waals surface area contributed by atoms with Crippen molar-refractivity contribution in [2.45, 2.75) is 40.2 Å². The lowest BCUT2D eigenvalue weighted by molar-refractivity contribution is -0.121. The number of amides is 1. The molecule has 0 bridgehead atoms. The Bertz CT molecular complexity index is 512. The van der Waals surface area contributed by atoms with E-state index in [9.17, 15) is 4.79 Å². The van der Waals surface area contributed by atoms with Crippen molar-refractivity contribution < 1.29 is 9.53 Å². The molecule has 1 aromatic rings. The van der Waals surface area contributed by atoms with Crippen molar-refractivity contribution in [1.29, 1.82) is 0 Å². The van der Waals surface area contributed by atoms with Crippen molar-refractivity contribution in [3.63, 3.8) is 0 Å². The molecule has 0 saturated carbocycles. The molecule has 1 unspecified atom stereocenters. The minimum Gasteiger partial charge on any atom is -0.482 e. The molecule has 0 aliphatic carbocycles. The summed E-state index contributed by atoms with van der Waals surface area (Å²) in [6, 6.07) is 5.95. The number of carbonyl (C=O) groups is 1. The number of fused-ring (bicyclic) bond motifs is 1. The monoisotopic (exact) mass is 290 g/mol. The number of nitrogens with zero attached hydrogens (tertiary/aromatic N) is 1. The molecule has 1 aromatic carbocycles. The van der Waals surface area contributed by atoms with Crippen LogP contribution >= 0.6 is 0 Å². The number of anilines is 1. The predicted molar refractivity (Wildman–Crippen MR) is 85.5 cm³/mol. The Labute approximate surface area is 127 Å². The van der Waals surface area contributed by atoms with Crippen LogP contribution in [0.25, 0.3) is 0 Å². The van der Waals surface area contributed by atoms with E-state index in [0.717, 1.165) is 23.4 Å². The van der Waals surface area contributed by atoms with Gasteiger partial charge in [-0.15, -0.1) is 0 Å². The van der Waals surface area contributed by atoms with Crippen LogP contribution in [0.1, 0.15) is 45.7 Å². The minimum absolute atomic E-state index is 0.00627. The van der Waals surface area contributed by atoms with E-state index < -0.39 is 0 Å². The zero-order chi connectivity index (χ0) is 15.6. The fourth-order valence-corrected chi connectivity index (χ4v) is 2.66. The van der Waals surface area contributed by atoms with Gasteiger partial charge in [0.1, 0.15) is 5.75 Å². The molecule has 4 nitrogen and oxygen atoms in total. The highest BCUT2D eigenvalue weighted by atomic mass is 16.5. The highest BCUT2D eigenvalue weighted by Gasteiger charge is 2.26. The summed E-state index contributed by atoms with van der Waals surface area (Å²) in [6.07, 6.45) is 0.928. The van der Waals surface area contributed by atoms with Crippen LogP contribution in [-0.2, 0) is 4.79 Å². The summed E-state index contributed by atoms with van der Waals surface area (Å²) in [4.78, 5) is 13.9. The van der Waals surface area contributed by atoms with Gasteiger partial charge in [-0.25, -0.2) is 0 Å². The zero-order valence-electron chi connectivity index (χ0n) is 13.4. The number of carbonyl (C=O) groups excluding carboxylic acids is 1. The molecule has 2 rings (SSSR count). The molecule has 0 aromatic heterocycles. The highest BCUT2D eigenvalue weighted by Crippen LogP contribution is 2.35. The molecule has 1 aliphatic heterocycles. The van der Waals surface area contributed by atoms with Gasteiger partial charge in [0.25, 0.3) is 5.91 Å². The number of hydrogen-bond donors (Lipinski definition) is 1. The minimum atomic E-state index is -0.00627. The summed E-state index contributed by atoms with van der Waals surface area (Å²) in [5, 5.41) is 0. The van der Waals surface area contributed by atoms with E-state index in [2.05, 4.69) is 27.7 Å². The van der Waals surface area contributed by atoms with E-state index in [-0.39, 0.29) is 18.6 Å². The average Bonchev–Trinajstić information content (AvgIpc) is 2.40. The third kappa shape index (κ3) is 3.76. The average molecular weight is 290 g/mol. The van der Waals surface area contributed by atoms with Crippen LogP contribution in [0.15, 0.2) is 18.2 Å². The second kappa shape index (κ2) is 6.48. The van der Waals surface area contributed by atoms with Gasteiger partial charge in [-0.1, -0.05) is 33.8 Å². The number of hydrogen-bond acceptors (Lipinski definition) is 3. The van der Waals surface area contributed by atoms with E-state index >= 15 is 0 Å². The highest BCUT2D eigenvalue weighted by molar-refractivity contribution is 5.97. The van der Waals surface area contributed by atoms with Crippen LogP contribution in [0.2, 0.25) is 0 Å². The molecule has 0 radical (unpaired) electrons. The van der Waals surface area contributed by atoms with Gasteiger partial charge in [0.15, 0.2) is 6.61 Å². The van der Waals surface area contributed by atoms with Gasteiger partial charge in [0.05, 0.1) is 5.69 Å². The second-order valence-electron chi connectivity index (χ2n) is 6.65. The number of ether oxygens (including phenoxy) is 1. The van der Waals surface area contributed by atoms with E-state index in [1.165, 1.54) is 0 Å². The molecule has 2 N–H and O–H groups in total. The molecule has 4 heteroatoms. The van der Waals surface area contributed by atoms with Gasteiger partial charge in [-0.3, -0.25) is 4.79 Å². The Morgan fingerprint density at radius 2 is 1.95 bits per heavy atom. The van der Waals surface area contributed by atoms with Crippen LogP contribution in [0.5, 0.6) is 5.75 Å². The van der Waals surface area contributed by atoms with E-state index in [1.807, 2.05) is 23.1 Å². The molecule has 21 heavy (non-hydrogen) atoms. The first kappa shape index (κ1) is 15.8. The molecule has 0 spiro atoms. The summed E-state index contributed by atoms with van der Waals surface area (Å²) in [5.41, 5.74) is 8.19. The summed E-state index contributed by atoms with van der Waals surface area (Å²) in [7, 11) is 0. The number of nitrogens with two attached hydrogens (primary N) is 1. The first-order valence-corrected chi connectivity index (χ1v) is 7.71. The fraction of sp³-hybridized carbons (Fsp3) is 0.588. The molecular formula is C17H26N2O2. The fourth-order valence-electron chi connectivity index (χ4n) is 2.66. The maximum Gasteiger partial charge on any atom is 0.265 e. The molecule has 1 aliphatic rings. The third-order valence-electron chi connectivity index (χ3n) is 3.63. The Morgan fingerprint density at radius 3 is 2.57 bits per heavy atom. The van der Waals surface area contributed by atoms with Gasteiger partial charge < -0.3 is 15.4 Å². The largest absolute Gasteiger partial charge is 0.482 e. The van der Waals surface area contributed by atoms with Gasteiger partial charge in [0.2, 0.25) is 0 Å². The standard InChI is InChI=1S/C17H26N2O2/c1-11(2)7-14(18)13-5-6-16-15(8-13)19(9-12(3)4)17(20)10-21-16/h5-6,8,11-12,14H,7,9-10,18H2,1-4H3. The summed E-state index contributed by atoms with van der Waals surface area (Å²) >= 11 is 0. The quantitative estimate of drug-likeness (QED) is 0.906. The molecule has 0 fully saturated rings. The summed E-state index contributed by atoms with van der Waals surface area (Å²) in [6.45, 7) is 9.37. The van der Waals surface area contributed by atoms with Crippen molar-refractivity contribution in [3.05, 3.63) is 23.8 Å². The first-order chi connectivity index (χ1) is 9.88. The van der Waals surface area contributed by atoms with Crippen LogP contribution in [0.4, 0.5) is 5.69 Å². The van der Waals surface area contributed by atoms with Crippen LogP contribution in [0.3, 0.4) is 0 Å². The lowest BCUT2D eigenvalue weighted by atomic mass is 9.97. The molecular weight excluding hydrogens is 264 g/mol. The number of rotatable bonds is 5. The molecule has 116 valence electrons. The van der Waals surface area contributed by atoms with Crippen LogP contribution < -0.4 is 15.4 Å². The van der Waals surface area contributed by atoms with E-state index in [0.29, 0.717) is 18.4 Å². The molecule has 1 atom stereocenters. The predicted octanol–water partition coefficient (Wildman–Crippen LogP) is 3.11. The Hall–Kier alpha value is -1.55. The molecule has 1 amide bonds. The van der Waals surface area contributed by atoms with E-state index in [1.54, 1.807) is 0 Å². The maximum absolute atomic E-state index is 12.1. The lowest BCUT2D eigenvalue weighted by Gasteiger charge is -2.31. The van der Waals surface area contributed by atoms with Crippen molar-refractivity contribution in [2.24, 2.45) is 17.6 Å². The zero-order valence-corrected chi connectivity index (χ0v) is 13.4. The molecule has 0 saturated heterocycles. The smallest absolute Gasteiger partial charge is 0.265 e. The topological polar surface area (TPSA) is 55.6 Å². The number of benzene rings is 1. The van der Waals surface area contributed by atoms with Crippen LogP contribution in [-0.4, -0.2) is 19.1 Å². The SMILES string of the molecule is CC(C)CC(N)c1ccc2c(c1)N(CC(C)C)C(=O)CO2. The van der Waals surface area contributed by atoms with Crippen molar-refractivity contribution >= 4 is 11.6 Å². The van der Waals surface area contributed by atoms with Gasteiger partial charge >= 0.3 is 0 Å².